The van der Waals surface area contributed by atoms with Gasteiger partial charge in [0.1, 0.15) is 11.3 Å². The van der Waals surface area contributed by atoms with E-state index in [1.54, 1.807) is 7.11 Å². The van der Waals surface area contributed by atoms with Gasteiger partial charge in [0.25, 0.3) is 0 Å². The number of methoxy groups -OCH3 is 1. The van der Waals surface area contributed by atoms with Crippen LogP contribution in [0.5, 0.6) is 5.75 Å². The number of aryl methyl sites for hydroxylation is 1. The van der Waals surface area contributed by atoms with E-state index in [0.29, 0.717) is 6.54 Å². The molecule has 1 aliphatic carbocycles. The maximum Gasteiger partial charge on any atom is 0.133 e. The van der Waals surface area contributed by atoms with Crippen LogP contribution in [-0.4, -0.2) is 13.7 Å². The zero-order valence-electron chi connectivity index (χ0n) is 10.5. The third kappa shape index (κ3) is 2.06. The van der Waals surface area contributed by atoms with Gasteiger partial charge in [0.05, 0.1) is 19.7 Å². The molecule has 0 radical (unpaired) electrons. The van der Waals surface area contributed by atoms with Gasteiger partial charge in [0.2, 0.25) is 0 Å². The van der Waals surface area contributed by atoms with Crippen LogP contribution in [0.1, 0.15) is 24.0 Å². The van der Waals surface area contributed by atoms with Crippen LogP contribution in [0, 0.1) is 23.7 Å². The largest absolute Gasteiger partial charge is 0.497 e. The molecule has 0 bridgehead atoms. The van der Waals surface area contributed by atoms with Crippen LogP contribution in [0.2, 0.25) is 0 Å². The quantitative estimate of drug-likeness (QED) is 0.822. The topological polar surface area (TPSA) is 45.0 Å². The lowest BCUT2D eigenvalue weighted by Crippen LogP contribution is -2.44. The summed E-state index contributed by atoms with van der Waals surface area (Å²) in [7, 11) is 1.65. The van der Waals surface area contributed by atoms with Crippen LogP contribution in [0.3, 0.4) is 0 Å². The third-order valence-corrected chi connectivity index (χ3v) is 3.45. The highest BCUT2D eigenvalue weighted by Gasteiger charge is 2.36. The molecule has 1 aliphatic rings. The molecule has 1 aromatic rings. The smallest absolute Gasteiger partial charge is 0.133 e. The molecular formula is C15H16N2O. The molecule has 3 nitrogen and oxygen atoms in total. The predicted molar refractivity (Wildman–Crippen MR) is 70.1 cm³/mol. The number of hydrogen-bond acceptors (Lipinski definition) is 3. The van der Waals surface area contributed by atoms with Crippen LogP contribution in [0.25, 0.3) is 0 Å². The molecule has 0 saturated heterocycles. The van der Waals surface area contributed by atoms with Gasteiger partial charge in [-0.25, -0.2) is 0 Å². The minimum absolute atomic E-state index is 0.402. The van der Waals surface area contributed by atoms with Gasteiger partial charge in [-0.05, 0) is 42.5 Å². The maximum absolute atomic E-state index is 9.53. The van der Waals surface area contributed by atoms with Crippen LogP contribution in [0.4, 0.5) is 0 Å². The molecule has 0 heterocycles. The number of nitrogens with zero attached hydrogens (tertiary/aromatic N) is 1. The Kier molecular flexibility index (Phi) is 3.55. The first-order valence-electron chi connectivity index (χ1n) is 6.03. The molecule has 3 heteroatoms. The van der Waals surface area contributed by atoms with Crippen molar-refractivity contribution in [1.29, 1.82) is 5.26 Å². The van der Waals surface area contributed by atoms with E-state index in [1.165, 1.54) is 5.56 Å². The zero-order valence-corrected chi connectivity index (χ0v) is 10.5. The Morgan fingerprint density at radius 3 is 3.06 bits per heavy atom. The predicted octanol–water partition coefficient (Wildman–Crippen LogP) is 1.97. The Balaban J connectivity index is 2.44. The first-order valence-corrected chi connectivity index (χ1v) is 6.03. The van der Waals surface area contributed by atoms with Gasteiger partial charge < -0.3 is 4.74 Å². The molecule has 1 N–H and O–H groups in total. The van der Waals surface area contributed by atoms with Crippen molar-refractivity contribution in [1.82, 2.24) is 5.32 Å². The number of nitrogens with one attached hydrogen (secondary N) is 1. The van der Waals surface area contributed by atoms with E-state index >= 15 is 0 Å². The summed E-state index contributed by atoms with van der Waals surface area (Å²) >= 11 is 0. The summed E-state index contributed by atoms with van der Waals surface area (Å²) in [5.74, 6) is 3.37. The van der Waals surface area contributed by atoms with Crippen molar-refractivity contribution in [3.63, 3.8) is 0 Å². The summed E-state index contributed by atoms with van der Waals surface area (Å²) in [5, 5.41) is 12.7. The lowest BCUT2D eigenvalue weighted by atomic mass is 9.77. The average Bonchev–Trinajstić information content (AvgIpc) is 2.44. The fourth-order valence-electron chi connectivity index (χ4n) is 2.54. The second-order valence-corrected chi connectivity index (χ2v) is 4.45. The van der Waals surface area contributed by atoms with E-state index in [9.17, 15) is 5.26 Å². The monoisotopic (exact) mass is 240 g/mol. The molecule has 18 heavy (non-hydrogen) atoms. The van der Waals surface area contributed by atoms with Crippen molar-refractivity contribution in [2.24, 2.45) is 0 Å². The lowest BCUT2D eigenvalue weighted by molar-refractivity contribution is 0.379. The minimum Gasteiger partial charge on any atom is -0.497 e. The van der Waals surface area contributed by atoms with E-state index in [2.05, 4.69) is 17.3 Å². The van der Waals surface area contributed by atoms with E-state index in [4.69, 9.17) is 11.2 Å². The molecule has 0 aliphatic heterocycles. The van der Waals surface area contributed by atoms with Crippen LogP contribution >= 0.6 is 0 Å². The van der Waals surface area contributed by atoms with Crippen LogP contribution in [0.15, 0.2) is 18.2 Å². The van der Waals surface area contributed by atoms with E-state index in [0.717, 1.165) is 30.6 Å². The van der Waals surface area contributed by atoms with Crippen molar-refractivity contribution in [3.8, 4) is 24.2 Å². The van der Waals surface area contributed by atoms with E-state index in [1.807, 2.05) is 18.2 Å². The van der Waals surface area contributed by atoms with Crippen molar-refractivity contribution >= 4 is 0 Å². The summed E-state index contributed by atoms with van der Waals surface area (Å²) in [6, 6.07) is 8.28. The van der Waals surface area contributed by atoms with Crippen molar-refractivity contribution in [2.45, 2.75) is 24.8 Å². The van der Waals surface area contributed by atoms with Crippen molar-refractivity contribution in [3.05, 3.63) is 29.3 Å². The molecule has 92 valence electrons. The number of hydrogen-bond donors (Lipinski definition) is 1. The highest BCUT2D eigenvalue weighted by molar-refractivity contribution is 5.45. The Morgan fingerprint density at radius 1 is 1.56 bits per heavy atom. The fraction of sp³-hybridized carbons (Fsp3) is 0.400. The van der Waals surface area contributed by atoms with Gasteiger partial charge in [-0.1, -0.05) is 12.0 Å². The maximum atomic E-state index is 9.53. The molecule has 1 atom stereocenters. The summed E-state index contributed by atoms with van der Waals surface area (Å²) in [6.07, 6.45) is 8.04. The summed E-state index contributed by atoms with van der Waals surface area (Å²) in [4.78, 5) is 0. The highest BCUT2D eigenvalue weighted by atomic mass is 16.5. The van der Waals surface area contributed by atoms with Gasteiger partial charge >= 0.3 is 0 Å². The van der Waals surface area contributed by atoms with Gasteiger partial charge in [-0.2, -0.15) is 5.26 Å². The van der Waals surface area contributed by atoms with Crippen LogP contribution < -0.4 is 10.1 Å². The Bertz CT molecular complexity index is 524. The Labute approximate surface area is 108 Å². The summed E-state index contributed by atoms with van der Waals surface area (Å²) < 4.78 is 5.23. The van der Waals surface area contributed by atoms with Gasteiger partial charge in [0, 0.05) is 0 Å². The molecule has 1 unspecified atom stereocenters. The second kappa shape index (κ2) is 5.12. The van der Waals surface area contributed by atoms with Gasteiger partial charge in [-0.3, -0.25) is 5.32 Å². The normalized spacial score (nSPS) is 21.5. The van der Waals surface area contributed by atoms with Gasteiger partial charge in [-0.15, -0.1) is 6.42 Å². The molecular weight excluding hydrogens is 224 g/mol. The number of terminal acetylenes is 1. The van der Waals surface area contributed by atoms with Gasteiger partial charge in [0.15, 0.2) is 0 Å². The Morgan fingerprint density at radius 2 is 2.39 bits per heavy atom. The first-order chi connectivity index (χ1) is 8.75. The molecule has 2 rings (SSSR count). The third-order valence-electron chi connectivity index (χ3n) is 3.45. The highest BCUT2D eigenvalue weighted by Crippen LogP contribution is 2.36. The SMILES string of the molecule is C#CCNC1(C#N)CCCc2cc(OC)ccc21. The molecule has 0 amide bonds. The zero-order chi connectivity index (χ0) is 13.0. The number of rotatable bonds is 3. The number of ether oxygens (including phenoxy) is 1. The molecule has 0 saturated carbocycles. The number of benzene rings is 1. The fourth-order valence-corrected chi connectivity index (χ4v) is 2.54. The van der Waals surface area contributed by atoms with Crippen molar-refractivity contribution < 1.29 is 4.74 Å². The van der Waals surface area contributed by atoms with Crippen LogP contribution in [-0.2, 0) is 12.0 Å². The average molecular weight is 240 g/mol. The number of fused-ring (bicyclic) bond motifs is 1. The van der Waals surface area contributed by atoms with E-state index in [-0.39, 0.29) is 0 Å². The molecule has 0 fully saturated rings. The van der Waals surface area contributed by atoms with Crippen molar-refractivity contribution in [2.75, 3.05) is 13.7 Å². The van der Waals surface area contributed by atoms with E-state index < -0.39 is 5.54 Å². The summed E-state index contributed by atoms with van der Waals surface area (Å²) in [6.45, 7) is 0.402. The lowest BCUT2D eigenvalue weighted by Gasteiger charge is -2.33. The Hall–Kier alpha value is -1.97. The number of nitriles is 1. The molecule has 1 aromatic carbocycles. The summed E-state index contributed by atoms with van der Waals surface area (Å²) in [5.41, 5.74) is 1.56. The molecule has 0 aromatic heterocycles. The molecule has 0 spiro atoms. The second-order valence-electron chi connectivity index (χ2n) is 4.45. The minimum atomic E-state index is -0.647. The first kappa shape index (κ1) is 12.5. The standard InChI is InChI=1S/C15H16N2O/c1-3-9-17-15(11-16)8-4-5-12-10-13(18-2)6-7-14(12)15/h1,6-7,10,17H,4-5,8-9H2,2H3.